The smallest absolute Gasteiger partial charge is 0.136 e. The molecule has 1 unspecified atom stereocenters. The van der Waals surface area contributed by atoms with Crippen molar-refractivity contribution in [3.63, 3.8) is 0 Å². The van der Waals surface area contributed by atoms with Crippen LogP contribution in [0.4, 0.5) is 5.69 Å². The molecule has 2 aliphatic rings. The fourth-order valence-corrected chi connectivity index (χ4v) is 2.85. The maximum absolute atomic E-state index is 5.84. The first kappa shape index (κ1) is 12.0. The zero-order valence-corrected chi connectivity index (χ0v) is 10.8. The van der Waals surface area contributed by atoms with Gasteiger partial charge in [0.05, 0.1) is 13.2 Å². The summed E-state index contributed by atoms with van der Waals surface area (Å²) in [6.45, 7) is 3.87. The van der Waals surface area contributed by atoms with Crippen molar-refractivity contribution in [2.45, 2.75) is 12.6 Å². The van der Waals surface area contributed by atoms with Crippen molar-refractivity contribution in [1.82, 2.24) is 4.90 Å². The average Bonchev–Trinajstić information content (AvgIpc) is 2.33. The van der Waals surface area contributed by atoms with Gasteiger partial charge in [-0.1, -0.05) is 6.07 Å². The fraction of sp³-hybridized carbons (Fsp3) is 0.571. The average molecular weight is 248 g/mol. The Morgan fingerprint density at radius 2 is 2.28 bits per heavy atom. The van der Waals surface area contributed by atoms with Gasteiger partial charge in [0.25, 0.3) is 0 Å². The lowest BCUT2D eigenvalue weighted by molar-refractivity contribution is -0.0940. The molecular formula is C14H20N2O2. The molecule has 2 N–H and O–H groups in total. The number of hydrogen-bond acceptors (Lipinski definition) is 4. The number of methoxy groups -OCH3 is 1. The summed E-state index contributed by atoms with van der Waals surface area (Å²) in [4.78, 5) is 2.41. The molecule has 2 heterocycles. The van der Waals surface area contributed by atoms with Crippen LogP contribution in [0.15, 0.2) is 18.2 Å². The number of benzene rings is 1. The predicted octanol–water partition coefficient (Wildman–Crippen LogP) is 1.42. The second kappa shape index (κ2) is 4.88. The Labute approximate surface area is 108 Å². The molecule has 0 aromatic heterocycles. The molecule has 18 heavy (non-hydrogen) atoms. The van der Waals surface area contributed by atoms with Crippen LogP contribution < -0.4 is 5.73 Å². The van der Waals surface area contributed by atoms with Gasteiger partial charge in [-0.25, -0.2) is 0 Å². The minimum absolute atomic E-state index is 0.0648. The van der Waals surface area contributed by atoms with Crippen LogP contribution in [0.1, 0.15) is 17.4 Å². The highest BCUT2D eigenvalue weighted by atomic mass is 16.5. The molecule has 1 fully saturated rings. The third-order valence-corrected chi connectivity index (χ3v) is 3.86. The molecule has 0 amide bonds. The van der Waals surface area contributed by atoms with E-state index in [9.17, 15) is 0 Å². The van der Waals surface area contributed by atoms with Crippen LogP contribution in [0.3, 0.4) is 0 Å². The van der Waals surface area contributed by atoms with Gasteiger partial charge in [0.15, 0.2) is 0 Å². The zero-order valence-electron chi connectivity index (χ0n) is 10.8. The lowest BCUT2D eigenvalue weighted by Crippen LogP contribution is -2.44. The Bertz CT molecular complexity index is 432. The molecule has 98 valence electrons. The summed E-state index contributed by atoms with van der Waals surface area (Å²) in [7, 11) is 1.78. The van der Waals surface area contributed by atoms with Gasteiger partial charge in [-0.15, -0.1) is 0 Å². The van der Waals surface area contributed by atoms with Crippen LogP contribution in [-0.4, -0.2) is 38.3 Å². The van der Waals surface area contributed by atoms with Crippen LogP contribution in [0, 0.1) is 5.92 Å². The van der Waals surface area contributed by atoms with E-state index in [2.05, 4.69) is 17.0 Å². The third kappa shape index (κ3) is 2.11. The molecule has 1 saturated heterocycles. The standard InChI is InChI=1S/C14H20N2O2/c1-17-14-13-3-2-12(15)6-11(13)4-5-16(14)7-10-8-18-9-10/h2-3,6,10,14H,4-5,7-9,15H2,1H3. The quantitative estimate of drug-likeness (QED) is 0.822. The Morgan fingerprint density at radius 3 is 2.94 bits per heavy atom. The minimum Gasteiger partial charge on any atom is -0.399 e. The topological polar surface area (TPSA) is 47.7 Å². The van der Waals surface area contributed by atoms with Crippen molar-refractivity contribution >= 4 is 5.69 Å². The Morgan fingerprint density at radius 1 is 1.44 bits per heavy atom. The van der Waals surface area contributed by atoms with E-state index >= 15 is 0 Å². The van der Waals surface area contributed by atoms with Crippen LogP contribution in [0.5, 0.6) is 0 Å². The second-order valence-corrected chi connectivity index (χ2v) is 5.19. The second-order valence-electron chi connectivity index (χ2n) is 5.19. The molecule has 0 radical (unpaired) electrons. The van der Waals surface area contributed by atoms with Gasteiger partial charge in [-0.3, -0.25) is 4.90 Å². The molecule has 3 rings (SSSR count). The van der Waals surface area contributed by atoms with Crippen molar-refractivity contribution in [1.29, 1.82) is 0 Å². The number of nitrogen functional groups attached to an aromatic ring is 1. The predicted molar refractivity (Wildman–Crippen MR) is 70.2 cm³/mol. The van der Waals surface area contributed by atoms with Gasteiger partial charge >= 0.3 is 0 Å². The maximum Gasteiger partial charge on any atom is 0.136 e. The summed E-state index contributed by atoms with van der Waals surface area (Å²) in [5.41, 5.74) is 9.27. The van der Waals surface area contributed by atoms with Gasteiger partial charge < -0.3 is 15.2 Å². The van der Waals surface area contributed by atoms with E-state index in [0.717, 1.165) is 38.4 Å². The molecule has 2 aliphatic heterocycles. The largest absolute Gasteiger partial charge is 0.399 e. The normalized spacial score (nSPS) is 24.6. The summed E-state index contributed by atoms with van der Waals surface area (Å²) in [5.74, 6) is 0.665. The number of nitrogens with two attached hydrogens (primary N) is 1. The van der Waals surface area contributed by atoms with E-state index < -0.39 is 0 Å². The zero-order chi connectivity index (χ0) is 12.5. The van der Waals surface area contributed by atoms with Crippen molar-refractivity contribution in [3.05, 3.63) is 29.3 Å². The van der Waals surface area contributed by atoms with E-state index in [-0.39, 0.29) is 6.23 Å². The molecule has 1 aromatic rings. The molecule has 4 heteroatoms. The molecule has 0 spiro atoms. The summed E-state index contributed by atoms with van der Waals surface area (Å²) < 4.78 is 10.9. The first-order chi connectivity index (χ1) is 8.78. The number of anilines is 1. The van der Waals surface area contributed by atoms with Crippen LogP contribution in [0.2, 0.25) is 0 Å². The molecule has 0 bridgehead atoms. The SMILES string of the molecule is COC1c2ccc(N)cc2CCN1CC1COC1. The van der Waals surface area contributed by atoms with Crippen molar-refractivity contribution < 1.29 is 9.47 Å². The van der Waals surface area contributed by atoms with Gasteiger partial charge in [0.1, 0.15) is 6.23 Å². The highest BCUT2D eigenvalue weighted by Crippen LogP contribution is 2.32. The maximum atomic E-state index is 5.84. The summed E-state index contributed by atoms with van der Waals surface area (Å²) in [5, 5.41) is 0. The highest BCUT2D eigenvalue weighted by Gasteiger charge is 2.31. The molecule has 4 nitrogen and oxygen atoms in total. The lowest BCUT2D eigenvalue weighted by Gasteiger charge is -2.40. The summed E-state index contributed by atoms with van der Waals surface area (Å²) in [6.07, 6.45) is 1.11. The lowest BCUT2D eigenvalue weighted by atomic mass is 9.96. The number of fused-ring (bicyclic) bond motifs is 1. The van der Waals surface area contributed by atoms with E-state index in [1.165, 1.54) is 11.1 Å². The van der Waals surface area contributed by atoms with Gasteiger partial charge in [-0.05, 0) is 29.7 Å². The number of hydrogen-bond donors (Lipinski definition) is 1. The molecular weight excluding hydrogens is 228 g/mol. The molecule has 0 saturated carbocycles. The number of rotatable bonds is 3. The monoisotopic (exact) mass is 248 g/mol. The van der Waals surface area contributed by atoms with E-state index in [1.807, 2.05) is 6.07 Å². The van der Waals surface area contributed by atoms with E-state index in [4.69, 9.17) is 15.2 Å². The Balaban J connectivity index is 1.80. The molecule has 0 aliphatic carbocycles. The van der Waals surface area contributed by atoms with Crippen LogP contribution >= 0.6 is 0 Å². The summed E-state index contributed by atoms with van der Waals surface area (Å²) >= 11 is 0. The fourth-order valence-electron chi connectivity index (χ4n) is 2.85. The number of ether oxygens (including phenoxy) is 2. The third-order valence-electron chi connectivity index (χ3n) is 3.86. The van der Waals surface area contributed by atoms with Crippen LogP contribution in [-0.2, 0) is 15.9 Å². The van der Waals surface area contributed by atoms with Gasteiger partial charge in [-0.2, -0.15) is 0 Å². The van der Waals surface area contributed by atoms with Crippen molar-refractivity contribution in [2.75, 3.05) is 39.1 Å². The summed E-state index contributed by atoms with van der Waals surface area (Å²) in [6, 6.07) is 6.13. The first-order valence-electron chi connectivity index (χ1n) is 6.51. The van der Waals surface area contributed by atoms with Crippen molar-refractivity contribution in [2.24, 2.45) is 5.92 Å². The molecule has 1 aromatic carbocycles. The molecule has 1 atom stereocenters. The highest BCUT2D eigenvalue weighted by molar-refractivity contribution is 5.46. The Kier molecular flexibility index (Phi) is 3.24. The van der Waals surface area contributed by atoms with E-state index in [1.54, 1.807) is 7.11 Å². The minimum atomic E-state index is 0.0648. The van der Waals surface area contributed by atoms with Crippen LogP contribution in [0.25, 0.3) is 0 Å². The van der Waals surface area contributed by atoms with Gasteiger partial charge in [0.2, 0.25) is 0 Å². The van der Waals surface area contributed by atoms with Gasteiger partial charge in [0, 0.05) is 31.8 Å². The number of nitrogens with zero attached hydrogens (tertiary/aromatic N) is 1. The Hall–Kier alpha value is -1.10. The first-order valence-corrected chi connectivity index (χ1v) is 6.51. The van der Waals surface area contributed by atoms with Crippen molar-refractivity contribution in [3.8, 4) is 0 Å². The van der Waals surface area contributed by atoms with E-state index in [0.29, 0.717) is 5.92 Å².